The van der Waals surface area contributed by atoms with E-state index in [1.54, 1.807) is 0 Å². The number of ether oxygens (including phenoxy) is 18. The van der Waals surface area contributed by atoms with E-state index in [9.17, 15) is 47.9 Å². The molecule has 0 amide bonds. The van der Waals surface area contributed by atoms with Crippen LogP contribution in [0.1, 0.15) is 142 Å². The number of carbonyl (C=O) groups excluding carboxylic acids is 10. The number of hydrogen-bond acceptors (Lipinski definition) is 28. The molecule has 9 rings (SSSR count). The lowest BCUT2D eigenvalue weighted by molar-refractivity contribution is -0.383. The normalized spacial score (nSPS) is 43.0. The van der Waals surface area contributed by atoms with E-state index in [1.165, 1.54) is 27.7 Å². The summed E-state index contributed by atoms with van der Waals surface area (Å²) < 4.78 is 112. The lowest BCUT2D eigenvalue weighted by atomic mass is 9.46. The molecule has 0 aromatic heterocycles. The Morgan fingerprint density at radius 2 is 0.989 bits per heavy atom. The van der Waals surface area contributed by atoms with Gasteiger partial charge in [0.05, 0.1) is 38.1 Å². The predicted molar refractivity (Wildman–Crippen MR) is 302 cm³/mol. The lowest BCUT2D eigenvalue weighted by Crippen LogP contribution is -2.67. The Morgan fingerprint density at radius 3 is 1.56 bits per heavy atom. The van der Waals surface area contributed by atoms with E-state index in [1.807, 2.05) is 6.92 Å². The SMILES string of the molecule is CC(=O)O[C@@H]1CC2=CC[C@H]3[C@@H]4C[C@@H]5O[C@@]6(OC[C@H](C)[C@H](OC(C)=O)[C@@H]6OC(C)=O)[C@@H](C)[C@@H]5[C@@]4(C)CC[C@@H]3[C@@]2(C)[C@H](O[C@@H]2OC[C@H](OC(C)=O)[C@H](O[C@@H]3OC[C@@H](OC(C)=O)[C@H](OC(C)=O)[C@H]3OC(C)=O)[C@H]2O[C@@H]2O[C@@H](C)[C@H](OC(C)=O)[C@@H](OC(C)=O)[C@H]2OC(C)=O)C1. The van der Waals surface area contributed by atoms with Gasteiger partial charge in [0, 0.05) is 99.3 Å². The topological polar surface area (TPSA) is 337 Å². The maximum atomic E-state index is 13.2. The summed E-state index contributed by atoms with van der Waals surface area (Å²) in [6, 6.07) is 0. The molecule has 1 spiro atoms. The molecule has 91 heavy (non-hydrogen) atoms. The van der Waals surface area contributed by atoms with Crippen LogP contribution in [0.25, 0.3) is 0 Å². The molecule has 0 aromatic rings. The van der Waals surface area contributed by atoms with Crippen LogP contribution in [0.4, 0.5) is 0 Å². The van der Waals surface area contributed by atoms with Crippen molar-refractivity contribution < 1.29 is 133 Å². The fourth-order valence-electron chi connectivity index (χ4n) is 16.8. The monoisotopic (exact) mass is 1290 g/mol. The zero-order chi connectivity index (χ0) is 66.5. The Labute approximate surface area is 527 Å². The molecule has 4 aliphatic carbocycles. The van der Waals surface area contributed by atoms with Crippen molar-refractivity contribution in [2.45, 2.75) is 259 Å². The van der Waals surface area contributed by atoms with Gasteiger partial charge < -0.3 is 85.3 Å². The zero-order valence-electron chi connectivity index (χ0n) is 54.2. The van der Waals surface area contributed by atoms with E-state index in [-0.39, 0.29) is 60.1 Å². The minimum atomic E-state index is -1.79. The first-order valence-electron chi connectivity index (χ1n) is 31.3. The van der Waals surface area contributed by atoms with E-state index in [2.05, 4.69) is 26.8 Å². The first kappa shape index (κ1) is 69.5. The Hall–Kier alpha value is -5.88. The molecular weight excluding hydrogens is 1200 g/mol. The van der Waals surface area contributed by atoms with Crippen molar-refractivity contribution in [3.05, 3.63) is 11.6 Å². The van der Waals surface area contributed by atoms with Gasteiger partial charge >= 0.3 is 59.7 Å². The van der Waals surface area contributed by atoms with Gasteiger partial charge in [0.15, 0.2) is 67.7 Å². The van der Waals surface area contributed by atoms with Crippen LogP contribution in [0, 0.1) is 46.3 Å². The summed E-state index contributed by atoms with van der Waals surface area (Å²) in [4.78, 5) is 128. The summed E-state index contributed by atoms with van der Waals surface area (Å²) in [5.41, 5.74) is -0.239. The van der Waals surface area contributed by atoms with Crippen molar-refractivity contribution >= 4 is 59.7 Å². The summed E-state index contributed by atoms with van der Waals surface area (Å²) >= 11 is 0. The Bertz CT molecular complexity index is 2820. The number of esters is 10. The van der Waals surface area contributed by atoms with Gasteiger partial charge in [0.1, 0.15) is 24.4 Å². The molecule has 0 radical (unpaired) electrons. The van der Waals surface area contributed by atoms with Crippen molar-refractivity contribution in [2.24, 2.45) is 46.3 Å². The van der Waals surface area contributed by atoms with Gasteiger partial charge in [-0.25, -0.2) is 0 Å². The molecule has 0 aromatic carbocycles. The fourth-order valence-corrected chi connectivity index (χ4v) is 16.8. The Morgan fingerprint density at radius 1 is 0.495 bits per heavy atom. The van der Waals surface area contributed by atoms with E-state index in [4.69, 9.17) is 85.3 Å². The van der Waals surface area contributed by atoms with Gasteiger partial charge in [-0.15, -0.1) is 0 Å². The van der Waals surface area contributed by atoms with Gasteiger partial charge in [-0.05, 0) is 61.7 Å². The molecule has 0 N–H and O–H groups in total. The third-order valence-corrected chi connectivity index (χ3v) is 20.0. The number of fused-ring (bicyclic) bond motifs is 7. The summed E-state index contributed by atoms with van der Waals surface area (Å²) in [5, 5.41) is 0. The van der Waals surface area contributed by atoms with E-state index in [0.717, 1.165) is 54.0 Å². The molecule has 27 atom stereocenters. The van der Waals surface area contributed by atoms with E-state index < -0.39 is 188 Å². The average molecular weight is 1290 g/mol. The highest BCUT2D eigenvalue weighted by Crippen LogP contribution is 2.71. The second-order valence-electron chi connectivity index (χ2n) is 26.3. The van der Waals surface area contributed by atoms with Crippen molar-refractivity contribution in [1.82, 2.24) is 0 Å². The van der Waals surface area contributed by atoms with Crippen LogP contribution in [0.3, 0.4) is 0 Å². The molecule has 0 bridgehead atoms. The maximum absolute atomic E-state index is 13.2. The molecule has 9 aliphatic rings. The van der Waals surface area contributed by atoms with Gasteiger partial charge in [-0.3, -0.25) is 47.9 Å². The van der Waals surface area contributed by atoms with Crippen LogP contribution in [-0.4, -0.2) is 196 Å². The number of carbonyl (C=O) groups is 10. The molecule has 3 saturated carbocycles. The summed E-state index contributed by atoms with van der Waals surface area (Å²) in [6.07, 6.45) is -18.9. The highest BCUT2D eigenvalue weighted by molar-refractivity contribution is 5.70. The van der Waals surface area contributed by atoms with Crippen molar-refractivity contribution in [3.8, 4) is 0 Å². The standard InChI is InChI=1S/C63H88O28/c1-26-23-76-63(57(87-38(13)73)49(26)81-32(7)67)27(2)48-44(91-63)22-43-41-17-16-39-20-40(78-29(4)64)21-47(62(39,15)42(41)18-19-61(43,48)14)88-58-55(90-60-56(86-37(12)72)53(84-35(10)70)50(28(3)77-60)82-33(8)68)52(46(25-74-58)80-31(6)66)89-59-54(85-36(11)71)51(83-34(9)69)45(24-75-59)79-30(5)65/h16,26-28,40-60H,17-25H2,1-15H3/t26-,27-,28-,40+,41+,42-,43-,44-,45+,46-,47+,48-,49-,50-,51-,52-,53+,54+,55+,56+,57-,58-,59-,60-,61-,62-,63-/m0/s1. The van der Waals surface area contributed by atoms with Crippen molar-refractivity contribution in [3.63, 3.8) is 0 Å². The smallest absolute Gasteiger partial charge is 0.303 e. The number of rotatable bonds is 16. The Balaban J connectivity index is 1.11. The number of allylic oxidation sites excluding steroid dienone is 1. The van der Waals surface area contributed by atoms with E-state index >= 15 is 0 Å². The summed E-state index contributed by atoms with van der Waals surface area (Å²) in [5.74, 6) is -9.72. The third kappa shape index (κ3) is 14.2. The van der Waals surface area contributed by atoms with E-state index in [0.29, 0.717) is 32.1 Å². The van der Waals surface area contributed by atoms with Crippen molar-refractivity contribution in [1.29, 1.82) is 0 Å². The maximum Gasteiger partial charge on any atom is 0.303 e. The molecule has 508 valence electrons. The molecular formula is C63H88O28. The van der Waals surface area contributed by atoms with Crippen molar-refractivity contribution in [2.75, 3.05) is 19.8 Å². The second-order valence-corrected chi connectivity index (χ2v) is 26.3. The predicted octanol–water partition coefficient (Wildman–Crippen LogP) is 4.11. The third-order valence-electron chi connectivity index (χ3n) is 20.0. The fraction of sp³-hybridized carbons (Fsp3) is 0.810. The van der Waals surface area contributed by atoms with Gasteiger partial charge in [0.25, 0.3) is 0 Å². The largest absolute Gasteiger partial charge is 0.462 e. The molecule has 5 aliphatic heterocycles. The first-order chi connectivity index (χ1) is 42.7. The van der Waals surface area contributed by atoms with Crippen LogP contribution in [-0.2, 0) is 133 Å². The van der Waals surface area contributed by atoms with Crippen LogP contribution < -0.4 is 0 Å². The highest BCUT2D eigenvalue weighted by Gasteiger charge is 2.73. The molecule has 0 unspecified atom stereocenters. The molecule has 28 nitrogen and oxygen atoms in total. The van der Waals surface area contributed by atoms with Crippen LogP contribution in [0.15, 0.2) is 11.6 Å². The molecule has 5 saturated heterocycles. The minimum Gasteiger partial charge on any atom is -0.462 e. The van der Waals surface area contributed by atoms with Crippen LogP contribution in [0.2, 0.25) is 0 Å². The van der Waals surface area contributed by atoms with Gasteiger partial charge in [0.2, 0.25) is 5.79 Å². The van der Waals surface area contributed by atoms with Crippen LogP contribution >= 0.6 is 0 Å². The summed E-state index contributed by atoms with van der Waals surface area (Å²) in [6.45, 7) is 20.7. The second kappa shape index (κ2) is 27.6. The molecule has 28 heteroatoms. The van der Waals surface area contributed by atoms with Gasteiger partial charge in [-0.2, -0.15) is 0 Å². The van der Waals surface area contributed by atoms with Gasteiger partial charge in [-0.1, -0.05) is 39.3 Å². The quantitative estimate of drug-likeness (QED) is 0.119. The molecule has 8 fully saturated rings. The molecule has 5 heterocycles. The van der Waals surface area contributed by atoms with Crippen LogP contribution in [0.5, 0.6) is 0 Å². The summed E-state index contributed by atoms with van der Waals surface area (Å²) in [7, 11) is 0. The highest BCUT2D eigenvalue weighted by atomic mass is 16.8. The first-order valence-corrected chi connectivity index (χ1v) is 31.3. The number of hydrogen-bond donors (Lipinski definition) is 0. The zero-order valence-corrected chi connectivity index (χ0v) is 54.2. The minimum absolute atomic E-state index is 0.0166. The lowest BCUT2D eigenvalue weighted by Gasteiger charge is -2.61. The average Bonchev–Trinajstić information content (AvgIpc) is 1.57. The Kier molecular flexibility index (Phi) is 21.1.